The maximum Gasteiger partial charge on any atom is 0.241 e. The number of carbonyl (C=O) groups is 1. The van der Waals surface area contributed by atoms with Gasteiger partial charge in [-0.1, -0.05) is 23.2 Å². The molecule has 0 spiro atoms. The van der Waals surface area contributed by atoms with Gasteiger partial charge in [0, 0.05) is 37.5 Å². The molecule has 0 fully saturated rings. The molecule has 8 heteroatoms. The van der Waals surface area contributed by atoms with Crippen LogP contribution in [0, 0.1) is 6.92 Å². The Morgan fingerprint density at radius 2 is 2.08 bits per heavy atom. The number of hydrogen-bond acceptors (Lipinski definition) is 4. The smallest absolute Gasteiger partial charge is 0.241 e. The van der Waals surface area contributed by atoms with E-state index in [0.717, 1.165) is 17.0 Å². The highest BCUT2D eigenvalue weighted by Crippen LogP contribution is 2.26. The van der Waals surface area contributed by atoms with Crippen molar-refractivity contribution < 1.29 is 9.53 Å². The van der Waals surface area contributed by atoms with E-state index in [1.54, 1.807) is 29.2 Å². The van der Waals surface area contributed by atoms with Crippen LogP contribution in [0.1, 0.15) is 19.0 Å². The van der Waals surface area contributed by atoms with Gasteiger partial charge in [0.15, 0.2) is 0 Å². The van der Waals surface area contributed by atoms with Gasteiger partial charge in [-0.3, -0.25) is 10.2 Å². The fraction of sp³-hybridized carbons (Fsp3) is 0.222. The summed E-state index contributed by atoms with van der Waals surface area (Å²) in [5.74, 6) is 0.461. The molecule has 0 atom stereocenters. The molecular weight excluding hydrogens is 375 g/mol. The molecule has 1 amide bonds. The topological polar surface area (TPSA) is 59.4 Å². The monoisotopic (exact) mass is 392 g/mol. The van der Waals surface area contributed by atoms with E-state index in [2.05, 4.69) is 10.5 Å². The Morgan fingerprint density at radius 3 is 2.73 bits per heavy atom. The zero-order valence-electron chi connectivity index (χ0n) is 14.4. The Balaban J connectivity index is 1.59. The van der Waals surface area contributed by atoms with Gasteiger partial charge in [0.05, 0.1) is 22.3 Å². The summed E-state index contributed by atoms with van der Waals surface area (Å²) in [4.78, 5) is 11.2. The van der Waals surface area contributed by atoms with Gasteiger partial charge >= 0.3 is 0 Å². The van der Waals surface area contributed by atoms with E-state index < -0.39 is 0 Å². The highest BCUT2D eigenvalue weighted by Gasteiger charge is 2.10. The highest BCUT2D eigenvalue weighted by atomic mass is 35.5. The SMILES string of the molecule is CC(=O)N1C=CC(CCOc2cc(C)n(-c3ccc(Cl)c(Cl)c3)n2)=CN1. The first kappa shape index (κ1) is 18.4. The van der Waals surface area contributed by atoms with Crippen LogP contribution in [0.4, 0.5) is 0 Å². The minimum Gasteiger partial charge on any atom is -0.476 e. The van der Waals surface area contributed by atoms with E-state index >= 15 is 0 Å². The highest BCUT2D eigenvalue weighted by molar-refractivity contribution is 6.42. The Hall–Kier alpha value is -2.44. The number of amides is 1. The van der Waals surface area contributed by atoms with Crippen LogP contribution >= 0.6 is 23.2 Å². The van der Waals surface area contributed by atoms with E-state index in [-0.39, 0.29) is 5.91 Å². The molecule has 136 valence electrons. The molecule has 3 rings (SSSR count). The summed E-state index contributed by atoms with van der Waals surface area (Å²) in [6, 6.07) is 7.21. The first-order valence-corrected chi connectivity index (χ1v) is 8.78. The van der Waals surface area contributed by atoms with Gasteiger partial charge < -0.3 is 4.74 Å². The van der Waals surface area contributed by atoms with Crippen molar-refractivity contribution >= 4 is 29.1 Å². The molecule has 1 aromatic heterocycles. The van der Waals surface area contributed by atoms with Gasteiger partial charge in [-0.25, -0.2) is 9.69 Å². The van der Waals surface area contributed by atoms with Crippen molar-refractivity contribution in [2.24, 2.45) is 0 Å². The van der Waals surface area contributed by atoms with Crippen molar-refractivity contribution in [2.45, 2.75) is 20.3 Å². The number of hydrogen-bond donors (Lipinski definition) is 1. The molecule has 0 unspecified atom stereocenters. The van der Waals surface area contributed by atoms with E-state index in [0.29, 0.717) is 29.0 Å². The summed E-state index contributed by atoms with van der Waals surface area (Å²) in [6.45, 7) is 3.90. The predicted octanol–water partition coefficient (Wildman–Crippen LogP) is 4.02. The number of aryl methyl sites for hydroxylation is 1. The minimum absolute atomic E-state index is 0.0730. The number of carbonyl (C=O) groups excluding carboxylic acids is 1. The van der Waals surface area contributed by atoms with E-state index in [1.807, 2.05) is 25.1 Å². The molecule has 26 heavy (non-hydrogen) atoms. The normalized spacial score (nSPS) is 13.4. The quantitative estimate of drug-likeness (QED) is 0.834. The average Bonchev–Trinajstić information content (AvgIpc) is 2.98. The number of halogens is 2. The summed E-state index contributed by atoms with van der Waals surface area (Å²) >= 11 is 12.0. The Bertz CT molecular complexity index is 889. The Labute approximate surface area is 161 Å². The van der Waals surface area contributed by atoms with E-state index in [1.165, 1.54) is 11.9 Å². The molecular formula is C18H18Cl2N4O2. The first-order valence-electron chi connectivity index (χ1n) is 8.02. The lowest BCUT2D eigenvalue weighted by molar-refractivity contribution is -0.128. The predicted molar refractivity (Wildman–Crippen MR) is 101 cm³/mol. The second-order valence-corrected chi connectivity index (χ2v) is 6.60. The van der Waals surface area contributed by atoms with Crippen molar-refractivity contribution in [3.8, 4) is 11.6 Å². The minimum atomic E-state index is -0.0730. The van der Waals surface area contributed by atoms with E-state index in [9.17, 15) is 4.79 Å². The molecule has 1 N–H and O–H groups in total. The molecule has 1 aromatic carbocycles. The second-order valence-electron chi connectivity index (χ2n) is 5.79. The molecule has 0 bridgehead atoms. The fourth-order valence-corrected chi connectivity index (χ4v) is 2.73. The summed E-state index contributed by atoms with van der Waals surface area (Å²) in [6.07, 6.45) is 6.04. The van der Waals surface area contributed by atoms with Gasteiger partial charge in [-0.2, -0.15) is 0 Å². The molecule has 6 nitrogen and oxygen atoms in total. The molecule has 1 aliphatic heterocycles. The number of nitrogens with one attached hydrogen (secondary N) is 1. The number of hydrazine groups is 1. The molecule has 0 radical (unpaired) electrons. The molecule has 0 saturated heterocycles. The molecule has 0 saturated carbocycles. The third kappa shape index (κ3) is 4.20. The van der Waals surface area contributed by atoms with Crippen LogP contribution in [0.3, 0.4) is 0 Å². The number of nitrogens with zero attached hydrogens (tertiary/aromatic N) is 3. The van der Waals surface area contributed by atoms with Crippen LogP contribution in [0.5, 0.6) is 5.88 Å². The van der Waals surface area contributed by atoms with Crippen molar-refractivity contribution in [3.63, 3.8) is 0 Å². The lowest BCUT2D eigenvalue weighted by atomic mass is 10.2. The lowest BCUT2D eigenvalue weighted by Crippen LogP contribution is -2.35. The lowest BCUT2D eigenvalue weighted by Gasteiger charge is -2.20. The average molecular weight is 393 g/mol. The maximum atomic E-state index is 11.2. The number of benzene rings is 1. The number of aromatic nitrogens is 2. The molecule has 1 aliphatic rings. The fourth-order valence-electron chi connectivity index (χ4n) is 2.43. The number of ether oxygens (including phenoxy) is 1. The number of allylic oxidation sites excluding steroid dienone is 1. The third-order valence-corrected chi connectivity index (χ3v) is 4.56. The summed E-state index contributed by atoms with van der Waals surface area (Å²) in [5.41, 5.74) is 5.67. The number of rotatable bonds is 5. The van der Waals surface area contributed by atoms with Crippen molar-refractivity contribution in [1.29, 1.82) is 0 Å². The van der Waals surface area contributed by atoms with Crippen LogP contribution in [0.25, 0.3) is 5.69 Å². The van der Waals surface area contributed by atoms with Gasteiger partial charge in [0.25, 0.3) is 0 Å². The van der Waals surface area contributed by atoms with Crippen LogP contribution < -0.4 is 10.2 Å². The summed E-state index contributed by atoms with van der Waals surface area (Å²) in [5, 5.41) is 6.84. The summed E-state index contributed by atoms with van der Waals surface area (Å²) in [7, 11) is 0. The third-order valence-electron chi connectivity index (χ3n) is 3.82. The van der Waals surface area contributed by atoms with Crippen molar-refractivity contribution in [2.75, 3.05) is 6.61 Å². The van der Waals surface area contributed by atoms with Crippen LogP contribution in [0.15, 0.2) is 48.3 Å². The van der Waals surface area contributed by atoms with Crippen LogP contribution in [-0.2, 0) is 4.79 Å². The van der Waals surface area contributed by atoms with Crippen LogP contribution in [0.2, 0.25) is 10.0 Å². The molecule has 2 heterocycles. The van der Waals surface area contributed by atoms with Gasteiger partial charge in [0.2, 0.25) is 11.8 Å². The van der Waals surface area contributed by atoms with Crippen molar-refractivity contribution in [3.05, 3.63) is 64.1 Å². The second kappa shape index (κ2) is 7.85. The van der Waals surface area contributed by atoms with Gasteiger partial charge in [-0.15, -0.1) is 5.10 Å². The standard InChI is InChI=1S/C18H18Cl2N4O2/c1-12-9-18(22-24(12)15-3-4-16(19)17(20)10-15)26-8-6-14-5-7-23(13(2)25)21-11-14/h3-5,7,9-11,21H,6,8H2,1-2H3. The van der Waals surface area contributed by atoms with Crippen molar-refractivity contribution in [1.82, 2.24) is 20.2 Å². The maximum absolute atomic E-state index is 11.2. The Morgan fingerprint density at radius 1 is 1.27 bits per heavy atom. The zero-order chi connectivity index (χ0) is 18.7. The van der Waals surface area contributed by atoms with Gasteiger partial charge in [0.1, 0.15) is 0 Å². The zero-order valence-corrected chi connectivity index (χ0v) is 15.9. The Kier molecular flexibility index (Phi) is 5.54. The van der Waals surface area contributed by atoms with E-state index in [4.69, 9.17) is 27.9 Å². The first-order chi connectivity index (χ1) is 12.4. The van der Waals surface area contributed by atoms with Gasteiger partial charge in [-0.05, 0) is 36.8 Å². The molecule has 2 aromatic rings. The molecule has 0 aliphatic carbocycles. The van der Waals surface area contributed by atoms with Crippen LogP contribution in [-0.4, -0.2) is 27.3 Å². The summed E-state index contributed by atoms with van der Waals surface area (Å²) < 4.78 is 7.50. The largest absolute Gasteiger partial charge is 0.476 e.